The second-order valence-electron chi connectivity index (χ2n) is 11.4. The van der Waals surface area contributed by atoms with Gasteiger partial charge >= 0.3 is 0 Å². The highest BCUT2D eigenvalue weighted by molar-refractivity contribution is 5.89. The van der Waals surface area contributed by atoms with Gasteiger partial charge < -0.3 is 15.1 Å². The molecule has 37 heavy (non-hydrogen) atoms. The predicted octanol–water partition coefficient (Wildman–Crippen LogP) is 6.39. The topological polar surface area (TPSA) is 82.4 Å². The Morgan fingerprint density at radius 3 is 2.43 bits per heavy atom. The van der Waals surface area contributed by atoms with Gasteiger partial charge in [0.15, 0.2) is 0 Å². The highest BCUT2D eigenvalue weighted by Gasteiger charge is 2.22. The fourth-order valence-electron chi connectivity index (χ4n) is 5.94. The number of aromatic nitrogens is 3. The average molecular weight is 505 g/mol. The summed E-state index contributed by atoms with van der Waals surface area (Å²) in [5.41, 5.74) is 3.30. The molecule has 200 valence electrons. The van der Waals surface area contributed by atoms with Crippen LogP contribution < -0.4 is 4.90 Å². The molecule has 1 atom stereocenters. The number of benzene rings is 1. The average Bonchev–Trinajstić information content (AvgIpc) is 2.90. The maximum absolute atomic E-state index is 10.4. The van der Waals surface area contributed by atoms with E-state index in [1.54, 1.807) is 6.20 Å². The van der Waals surface area contributed by atoms with E-state index >= 15 is 0 Å². The summed E-state index contributed by atoms with van der Waals surface area (Å²) in [7, 11) is 4.10. The van der Waals surface area contributed by atoms with Crippen molar-refractivity contribution in [3.63, 3.8) is 0 Å². The third-order valence-electron chi connectivity index (χ3n) is 8.25. The first-order valence-corrected chi connectivity index (χ1v) is 14.1. The van der Waals surface area contributed by atoms with Gasteiger partial charge in [0.25, 0.3) is 0 Å². The molecule has 6 nitrogen and oxygen atoms in total. The summed E-state index contributed by atoms with van der Waals surface area (Å²) in [5, 5.41) is 21.2. The molecule has 1 aliphatic carbocycles. The number of aryl methyl sites for hydroxylation is 2. The van der Waals surface area contributed by atoms with E-state index in [1.807, 2.05) is 27.1 Å². The third kappa shape index (κ3) is 6.98. The van der Waals surface area contributed by atoms with E-state index in [2.05, 4.69) is 35.0 Å². The van der Waals surface area contributed by atoms with Crippen LogP contribution in [0, 0.1) is 24.7 Å². The van der Waals surface area contributed by atoms with Crippen LogP contribution in [-0.4, -0.2) is 39.3 Å². The number of aromatic hydroxyl groups is 1. The molecular weight excluding hydrogens is 460 g/mol. The number of pyridine rings is 1. The van der Waals surface area contributed by atoms with Gasteiger partial charge in [0.1, 0.15) is 17.4 Å². The zero-order chi connectivity index (χ0) is 26.4. The smallest absolute Gasteiger partial charge is 0.140 e. The second-order valence-corrected chi connectivity index (χ2v) is 11.4. The minimum Gasteiger partial charge on any atom is -0.506 e. The fraction of sp³-hybridized carbons (Fsp3) is 0.581. The van der Waals surface area contributed by atoms with E-state index in [0.717, 1.165) is 71.2 Å². The van der Waals surface area contributed by atoms with E-state index < -0.39 is 0 Å². The number of hydrogen-bond donors (Lipinski definition) is 2. The summed E-state index contributed by atoms with van der Waals surface area (Å²) in [6, 6.07) is 8.29. The van der Waals surface area contributed by atoms with Gasteiger partial charge in [-0.05, 0) is 49.7 Å². The number of aliphatic hydroxyl groups excluding tert-OH is 1. The monoisotopic (exact) mass is 504 g/mol. The summed E-state index contributed by atoms with van der Waals surface area (Å²) in [6.45, 7) is 4.01. The van der Waals surface area contributed by atoms with Crippen LogP contribution in [0.3, 0.4) is 0 Å². The summed E-state index contributed by atoms with van der Waals surface area (Å²) >= 11 is 0. The number of anilines is 1. The number of aliphatic hydroxyl groups is 1. The quantitative estimate of drug-likeness (QED) is 0.315. The molecule has 2 aromatic heterocycles. The first kappa shape index (κ1) is 27.3. The van der Waals surface area contributed by atoms with Gasteiger partial charge in [0, 0.05) is 43.2 Å². The maximum Gasteiger partial charge on any atom is 0.140 e. The van der Waals surface area contributed by atoms with Crippen LogP contribution in [-0.2, 0) is 19.4 Å². The molecule has 1 fully saturated rings. The lowest BCUT2D eigenvalue weighted by Gasteiger charge is -2.29. The van der Waals surface area contributed by atoms with E-state index in [0.29, 0.717) is 11.6 Å². The number of rotatable bonds is 11. The normalized spacial score (nSPS) is 18.7. The van der Waals surface area contributed by atoms with Crippen LogP contribution in [0.4, 0.5) is 5.82 Å². The molecule has 1 unspecified atom stereocenters. The van der Waals surface area contributed by atoms with Crippen molar-refractivity contribution in [1.82, 2.24) is 15.0 Å². The molecule has 0 bridgehead atoms. The molecule has 0 saturated heterocycles. The van der Waals surface area contributed by atoms with Crippen molar-refractivity contribution in [2.45, 2.75) is 84.7 Å². The molecule has 3 aromatic rings. The summed E-state index contributed by atoms with van der Waals surface area (Å²) < 4.78 is 0. The van der Waals surface area contributed by atoms with E-state index in [9.17, 15) is 10.2 Å². The van der Waals surface area contributed by atoms with Gasteiger partial charge in [0.05, 0.1) is 17.8 Å². The van der Waals surface area contributed by atoms with Crippen LogP contribution in [0.1, 0.15) is 80.9 Å². The maximum atomic E-state index is 10.4. The van der Waals surface area contributed by atoms with Gasteiger partial charge in [-0.1, -0.05) is 64.0 Å². The third-order valence-corrected chi connectivity index (χ3v) is 8.25. The Morgan fingerprint density at radius 2 is 1.73 bits per heavy atom. The Kier molecular flexibility index (Phi) is 9.36. The van der Waals surface area contributed by atoms with E-state index in [1.165, 1.54) is 38.5 Å². The standard InChI is InChI=1S/C31H44N4O2/c1-21(18-27-25(20-36)19-32-22(2)30(27)37)12-13-24-16-14-23(15-17-24)8-7-11-29-33-28-10-6-5-9-26(28)31(34-29)35(3)4/h5-6,9-10,19,21,23-24,36-37H,7-8,11-18,20H2,1-4H3. The lowest BCUT2D eigenvalue weighted by Crippen LogP contribution is -2.16. The van der Waals surface area contributed by atoms with Gasteiger partial charge in [-0.15, -0.1) is 0 Å². The highest BCUT2D eigenvalue weighted by Crippen LogP contribution is 2.36. The van der Waals surface area contributed by atoms with Crippen LogP contribution in [0.15, 0.2) is 30.5 Å². The lowest BCUT2D eigenvalue weighted by atomic mass is 9.77. The second kappa shape index (κ2) is 12.7. The molecule has 2 N–H and O–H groups in total. The Labute approximate surface area is 222 Å². The zero-order valence-electron chi connectivity index (χ0n) is 23.1. The van der Waals surface area contributed by atoms with Crippen LogP contribution in [0.5, 0.6) is 5.75 Å². The Hall–Kier alpha value is -2.73. The van der Waals surface area contributed by atoms with Crippen molar-refractivity contribution in [3.8, 4) is 5.75 Å². The van der Waals surface area contributed by atoms with E-state index in [-0.39, 0.29) is 12.4 Å². The van der Waals surface area contributed by atoms with E-state index in [4.69, 9.17) is 9.97 Å². The molecule has 2 heterocycles. The number of para-hydroxylation sites is 1. The van der Waals surface area contributed by atoms with Crippen molar-refractivity contribution in [3.05, 3.63) is 53.1 Å². The highest BCUT2D eigenvalue weighted by atomic mass is 16.3. The molecule has 1 aromatic carbocycles. The van der Waals surface area contributed by atoms with Crippen LogP contribution >= 0.6 is 0 Å². The van der Waals surface area contributed by atoms with Crippen molar-refractivity contribution in [1.29, 1.82) is 0 Å². The molecule has 0 radical (unpaired) electrons. The van der Waals surface area contributed by atoms with Crippen molar-refractivity contribution < 1.29 is 10.2 Å². The van der Waals surface area contributed by atoms with Gasteiger partial charge in [0.2, 0.25) is 0 Å². The molecule has 0 amide bonds. The lowest BCUT2D eigenvalue weighted by molar-refractivity contribution is 0.238. The van der Waals surface area contributed by atoms with Gasteiger partial charge in [-0.25, -0.2) is 9.97 Å². The van der Waals surface area contributed by atoms with Crippen molar-refractivity contribution in [2.24, 2.45) is 17.8 Å². The Morgan fingerprint density at radius 1 is 1.03 bits per heavy atom. The Bertz CT molecular complexity index is 1170. The van der Waals surface area contributed by atoms with Crippen LogP contribution in [0.25, 0.3) is 10.9 Å². The number of nitrogens with zero attached hydrogens (tertiary/aromatic N) is 4. The molecule has 0 spiro atoms. The van der Waals surface area contributed by atoms with Crippen molar-refractivity contribution in [2.75, 3.05) is 19.0 Å². The van der Waals surface area contributed by atoms with Crippen molar-refractivity contribution >= 4 is 16.7 Å². The number of hydrogen-bond acceptors (Lipinski definition) is 6. The minimum absolute atomic E-state index is 0.0727. The fourth-order valence-corrected chi connectivity index (χ4v) is 5.94. The van der Waals surface area contributed by atoms with Gasteiger partial charge in [-0.3, -0.25) is 4.98 Å². The molecule has 6 heteroatoms. The molecular formula is C31H44N4O2. The largest absolute Gasteiger partial charge is 0.506 e. The predicted molar refractivity (Wildman–Crippen MR) is 151 cm³/mol. The van der Waals surface area contributed by atoms with Gasteiger partial charge in [-0.2, -0.15) is 0 Å². The molecule has 0 aliphatic heterocycles. The molecule has 4 rings (SSSR count). The number of fused-ring (bicyclic) bond motifs is 1. The van der Waals surface area contributed by atoms with Crippen LogP contribution in [0.2, 0.25) is 0 Å². The summed E-state index contributed by atoms with van der Waals surface area (Å²) in [5.74, 6) is 4.35. The minimum atomic E-state index is -0.0727. The molecule has 1 saturated carbocycles. The summed E-state index contributed by atoms with van der Waals surface area (Å²) in [4.78, 5) is 16.0. The Balaban J connectivity index is 1.20. The summed E-state index contributed by atoms with van der Waals surface area (Å²) in [6.07, 6.45) is 13.6. The molecule has 1 aliphatic rings. The zero-order valence-corrected chi connectivity index (χ0v) is 23.1. The first-order valence-electron chi connectivity index (χ1n) is 14.1. The first-order chi connectivity index (χ1) is 17.9. The SMILES string of the molecule is Cc1ncc(CO)c(CC(C)CCC2CCC(CCCc3nc(N(C)C)c4ccccc4n3)CC2)c1O.